The molecule has 4 nitrogen and oxygen atoms in total. The molecule has 1 aromatic rings. The Hall–Kier alpha value is -1.07. The lowest BCUT2D eigenvalue weighted by molar-refractivity contribution is 0.0523. The molecule has 0 aliphatic rings. The predicted octanol–water partition coefficient (Wildman–Crippen LogP) is 2.93. The van der Waals surface area contributed by atoms with E-state index < -0.39 is 11.7 Å². The monoisotopic (exact) mass is 314 g/mol. The van der Waals surface area contributed by atoms with Crippen LogP contribution in [0.25, 0.3) is 0 Å². The summed E-state index contributed by atoms with van der Waals surface area (Å²) < 4.78 is 6.12. The highest BCUT2D eigenvalue weighted by Gasteiger charge is 2.16. The zero-order valence-corrected chi connectivity index (χ0v) is 12.5. The number of nitrogens with one attached hydrogen (secondary N) is 1. The van der Waals surface area contributed by atoms with E-state index in [0.29, 0.717) is 13.1 Å². The number of hydrogen-bond donors (Lipinski definition) is 2. The average Bonchev–Trinajstić information content (AvgIpc) is 2.24. The Labute approximate surface area is 116 Å². The number of carbonyl (C=O) groups excluding carboxylic acids is 1. The van der Waals surface area contributed by atoms with Crippen LogP contribution in [-0.4, -0.2) is 11.7 Å². The van der Waals surface area contributed by atoms with Gasteiger partial charge in [0.15, 0.2) is 0 Å². The summed E-state index contributed by atoms with van der Waals surface area (Å²) in [5.74, 6) is 0. The maximum atomic E-state index is 11.5. The maximum absolute atomic E-state index is 11.5. The first-order valence-corrected chi connectivity index (χ1v) is 6.56. The van der Waals surface area contributed by atoms with Crippen LogP contribution < -0.4 is 11.1 Å². The first-order chi connectivity index (χ1) is 8.33. The van der Waals surface area contributed by atoms with Crippen LogP contribution in [-0.2, 0) is 17.8 Å². The van der Waals surface area contributed by atoms with Gasteiger partial charge in [-0.1, -0.05) is 28.1 Å². The van der Waals surface area contributed by atoms with Gasteiger partial charge in [-0.2, -0.15) is 0 Å². The normalized spacial score (nSPS) is 11.2. The van der Waals surface area contributed by atoms with Crippen molar-refractivity contribution in [3.8, 4) is 0 Å². The lowest BCUT2D eigenvalue weighted by Crippen LogP contribution is -2.32. The van der Waals surface area contributed by atoms with Gasteiger partial charge >= 0.3 is 6.09 Å². The van der Waals surface area contributed by atoms with Gasteiger partial charge < -0.3 is 15.8 Å². The van der Waals surface area contributed by atoms with Crippen LogP contribution in [0.3, 0.4) is 0 Å². The maximum Gasteiger partial charge on any atom is 0.407 e. The molecule has 100 valence electrons. The van der Waals surface area contributed by atoms with Crippen molar-refractivity contribution in [1.82, 2.24) is 5.32 Å². The highest BCUT2D eigenvalue weighted by Crippen LogP contribution is 2.20. The molecule has 1 amide bonds. The molecule has 0 saturated carbocycles. The first kappa shape index (κ1) is 15.0. The van der Waals surface area contributed by atoms with Crippen molar-refractivity contribution >= 4 is 22.0 Å². The molecule has 0 bridgehead atoms. The van der Waals surface area contributed by atoms with Crippen molar-refractivity contribution in [2.45, 2.75) is 39.5 Å². The molecule has 1 aromatic carbocycles. The Morgan fingerprint density at radius 3 is 2.67 bits per heavy atom. The van der Waals surface area contributed by atoms with Crippen molar-refractivity contribution in [2.75, 3.05) is 0 Å². The Morgan fingerprint density at radius 2 is 2.11 bits per heavy atom. The van der Waals surface area contributed by atoms with Crippen LogP contribution in [0.1, 0.15) is 31.9 Å². The van der Waals surface area contributed by atoms with Crippen LogP contribution in [0.5, 0.6) is 0 Å². The Bertz CT molecular complexity index is 427. The van der Waals surface area contributed by atoms with E-state index in [1.165, 1.54) is 0 Å². The van der Waals surface area contributed by atoms with Gasteiger partial charge in [0.2, 0.25) is 0 Å². The van der Waals surface area contributed by atoms with E-state index in [1.54, 1.807) is 0 Å². The van der Waals surface area contributed by atoms with E-state index in [0.717, 1.165) is 15.6 Å². The fourth-order valence-electron chi connectivity index (χ4n) is 1.48. The third kappa shape index (κ3) is 4.66. The lowest BCUT2D eigenvalue weighted by Gasteiger charge is -2.20. The molecule has 0 aliphatic heterocycles. The van der Waals surface area contributed by atoms with E-state index in [9.17, 15) is 4.79 Å². The molecule has 0 radical (unpaired) electrons. The molecule has 1 rings (SSSR count). The van der Waals surface area contributed by atoms with Crippen molar-refractivity contribution in [2.24, 2.45) is 5.73 Å². The number of rotatable bonds is 3. The summed E-state index contributed by atoms with van der Waals surface area (Å²) in [7, 11) is 0. The summed E-state index contributed by atoms with van der Waals surface area (Å²) in [6, 6.07) is 5.78. The van der Waals surface area contributed by atoms with Gasteiger partial charge in [0.25, 0.3) is 0 Å². The molecule has 0 spiro atoms. The summed E-state index contributed by atoms with van der Waals surface area (Å²) >= 11 is 3.44. The zero-order chi connectivity index (χ0) is 13.8. The van der Waals surface area contributed by atoms with Gasteiger partial charge in [-0.3, -0.25) is 0 Å². The Kier molecular flexibility index (Phi) is 5.16. The molecule has 0 saturated heterocycles. The van der Waals surface area contributed by atoms with Gasteiger partial charge in [0, 0.05) is 17.6 Å². The smallest absolute Gasteiger partial charge is 0.407 e. The molecule has 0 aromatic heterocycles. The number of halogens is 1. The van der Waals surface area contributed by atoms with Crippen LogP contribution >= 0.6 is 15.9 Å². The molecule has 0 atom stereocenters. The standard InChI is InChI=1S/C13H19BrN2O2/c1-13(2,3)18-12(17)16-8-9-5-4-6-11(14)10(9)7-15/h4-6H,7-8,15H2,1-3H3,(H,16,17). The largest absolute Gasteiger partial charge is 0.444 e. The fourth-order valence-corrected chi connectivity index (χ4v) is 2.05. The molecule has 5 heteroatoms. The second-order valence-corrected chi connectivity index (χ2v) is 5.79. The van der Waals surface area contributed by atoms with Gasteiger partial charge in [-0.25, -0.2) is 4.79 Å². The quantitative estimate of drug-likeness (QED) is 0.901. The number of hydrogen-bond acceptors (Lipinski definition) is 3. The molecule has 18 heavy (non-hydrogen) atoms. The van der Waals surface area contributed by atoms with Gasteiger partial charge in [-0.05, 0) is 38.0 Å². The summed E-state index contributed by atoms with van der Waals surface area (Å²) in [4.78, 5) is 11.5. The minimum Gasteiger partial charge on any atom is -0.444 e. The topological polar surface area (TPSA) is 64.3 Å². The zero-order valence-electron chi connectivity index (χ0n) is 10.9. The van der Waals surface area contributed by atoms with Crippen LogP contribution in [0.2, 0.25) is 0 Å². The lowest BCUT2D eigenvalue weighted by atomic mass is 10.1. The molecule has 0 aliphatic carbocycles. The highest BCUT2D eigenvalue weighted by atomic mass is 79.9. The average molecular weight is 315 g/mol. The fraction of sp³-hybridized carbons (Fsp3) is 0.462. The minimum absolute atomic E-state index is 0.404. The number of ether oxygens (including phenoxy) is 1. The number of benzene rings is 1. The van der Waals surface area contributed by atoms with E-state index in [1.807, 2.05) is 39.0 Å². The second-order valence-electron chi connectivity index (χ2n) is 4.94. The van der Waals surface area contributed by atoms with Crippen molar-refractivity contribution in [3.05, 3.63) is 33.8 Å². The van der Waals surface area contributed by atoms with Crippen molar-refractivity contribution < 1.29 is 9.53 Å². The van der Waals surface area contributed by atoms with Gasteiger partial charge in [-0.15, -0.1) is 0 Å². The third-order valence-electron chi connectivity index (χ3n) is 2.24. The number of carbonyl (C=O) groups is 1. The van der Waals surface area contributed by atoms with E-state index >= 15 is 0 Å². The van der Waals surface area contributed by atoms with Crippen LogP contribution in [0, 0.1) is 0 Å². The molecule has 0 heterocycles. The number of alkyl carbamates (subject to hydrolysis) is 1. The number of nitrogens with two attached hydrogens (primary N) is 1. The molecule has 0 unspecified atom stereocenters. The highest BCUT2D eigenvalue weighted by molar-refractivity contribution is 9.10. The summed E-state index contributed by atoms with van der Waals surface area (Å²) in [6.07, 6.45) is -0.426. The number of amides is 1. The Morgan fingerprint density at radius 1 is 1.44 bits per heavy atom. The second kappa shape index (κ2) is 6.20. The van der Waals surface area contributed by atoms with Gasteiger partial charge in [0.05, 0.1) is 0 Å². The molecule has 3 N–H and O–H groups in total. The van der Waals surface area contributed by atoms with E-state index in [4.69, 9.17) is 10.5 Å². The van der Waals surface area contributed by atoms with Crippen LogP contribution in [0.15, 0.2) is 22.7 Å². The summed E-state index contributed by atoms with van der Waals surface area (Å²) in [6.45, 7) is 6.32. The Balaban J connectivity index is 2.64. The van der Waals surface area contributed by atoms with Crippen molar-refractivity contribution in [3.63, 3.8) is 0 Å². The predicted molar refractivity (Wildman–Crippen MR) is 75.1 cm³/mol. The summed E-state index contributed by atoms with van der Waals surface area (Å²) in [5.41, 5.74) is 7.18. The van der Waals surface area contributed by atoms with E-state index in [-0.39, 0.29) is 0 Å². The SMILES string of the molecule is CC(C)(C)OC(=O)NCc1cccc(Br)c1CN. The third-order valence-corrected chi connectivity index (χ3v) is 2.99. The minimum atomic E-state index is -0.488. The van der Waals surface area contributed by atoms with E-state index in [2.05, 4.69) is 21.2 Å². The van der Waals surface area contributed by atoms with Gasteiger partial charge in [0.1, 0.15) is 5.60 Å². The molecular formula is C13H19BrN2O2. The van der Waals surface area contributed by atoms with Crippen molar-refractivity contribution in [1.29, 1.82) is 0 Å². The first-order valence-electron chi connectivity index (χ1n) is 5.76. The molecule has 0 fully saturated rings. The van der Waals surface area contributed by atoms with Crippen LogP contribution in [0.4, 0.5) is 4.79 Å². The molecular weight excluding hydrogens is 296 g/mol. The summed E-state index contributed by atoms with van der Waals surface area (Å²) in [5, 5.41) is 2.72.